The molecule has 0 aliphatic rings. The molecule has 4 aromatic rings. The number of carbonyl (C=O) groups is 1. The first-order valence-corrected chi connectivity index (χ1v) is 10.8. The van der Waals surface area contributed by atoms with Crippen LogP contribution in [0.25, 0.3) is 10.2 Å². The molecule has 0 bridgehead atoms. The number of anilines is 1. The fourth-order valence-corrected chi connectivity index (χ4v) is 4.10. The van der Waals surface area contributed by atoms with Crippen molar-refractivity contribution in [1.82, 2.24) is 15.0 Å². The van der Waals surface area contributed by atoms with Crippen LogP contribution in [0.3, 0.4) is 0 Å². The second-order valence-corrected chi connectivity index (χ2v) is 7.73. The fourth-order valence-electron chi connectivity index (χ4n) is 3.10. The van der Waals surface area contributed by atoms with E-state index in [0.29, 0.717) is 18.3 Å². The molecule has 0 N–H and O–H groups in total. The first kappa shape index (κ1) is 21.5. The summed E-state index contributed by atoms with van der Waals surface area (Å²) < 4.78 is 16.9. The van der Waals surface area contributed by atoms with Gasteiger partial charge < -0.3 is 14.2 Å². The van der Waals surface area contributed by atoms with Gasteiger partial charge in [0.1, 0.15) is 11.4 Å². The highest BCUT2D eigenvalue weighted by atomic mass is 32.1. The molecule has 9 heteroatoms. The Labute approximate surface area is 189 Å². The van der Waals surface area contributed by atoms with E-state index in [9.17, 15) is 4.79 Å². The zero-order valence-corrected chi connectivity index (χ0v) is 18.8. The summed E-state index contributed by atoms with van der Waals surface area (Å²) in [5.74, 6) is 0.670. The van der Waals surface area contributed by atoms with Gasteiger partial charge in [0.2, 0.25) is 5.88 Å². The number of benzene rings is 2. The topological polar surface area (TPSA) is 86.7 Å². The number of thiazole rings is 1. The SMILES string of the molecule is CCOc1ccc2nc(N(Cc3ccccc3)C(=O)c3cc(OC)nc(OC)n3)sc2c1. The Hall–Kier alpha value is -3.72. The smallest absolute Gasteiger partial charge is 0.320 e. The summed E-state index contributed by atoms with van der Waals surface area (Å²) in [6, 6.07) is 17.0. The molecule has 8 nitrogen and oxygen atoms in total. The summed E-state index contributed by atoms with van der Waals surface area (Å²) in [4.78, 5) is 28.2. The fraction of sp³-hybridized carbons (Fsp3) is 0.217. The van der Waals surface area contributed by atoms with E-state index in [4.69, 9.17) is 19.2 Å². The van der Waals surface area contributed by atoms with Crippen molar-refractivity contribution < 1.29 is 19.0 Å². The quantitative estimate of drug-likeness (QED) is 0.394. The number of hydrogen-bond donors (Lipinski definition) is 0. The van der Waals surface area contributed by atoms with Gasteiger partial charge in [-0.1, -0.05) is 41.7 Å². The molecule has 0 unspecified atom stereocenters. The molecule has 164 valence electrons. The Balaban J connectivity index is 1.77. The van der Waals surface area contributed by atoms with E-state index < -0.39 is 0 Å². The van der Waals surface area contributed by atoms with Gasteiger partial charge in [-0.2, -0.15) is 9.97 Å². The van der Waals surface area contributed by atoms with Crippen molar-refractivity contribution in [3.8, 4) is 17.6 Å². The molecular formula is C23H22N4O4S. The van der Waals surface area contributed by atoms with E-state index in [1.54, 1.807) is 4.90 Å². The van der Waals surface area contributed by atoms with Crippen LogP contribution < -0.4 is 19.1 Å². The van der Waals surface area contributed by atoms with Gasteiger partial charge in [0.05, 0.1) is 37.6 Å². The Kier molecular flexibility index (Phi) is 6.46. The molecule has 0 atom stereocenters. The summed E-state index contributed by atoms with van der Waals surface area (Å²) in [6.07, 6.45) is 0. The van der Waals surface area contributed by atoms with Crippen molar-refractivity contribution in [1.29, 1.82) is 0 Å². The van der Waals surface area contributed by atoms with Gasteiger partial charge in [0.15, 0.2) is 5.13 Å². The highest BCUT2D eigenvalue weighted by Gasteiger charge is 2.24. The molecule has 0 radical (unpaired) electrons. The second kappa shape index (κ2) is 9.61. The van der Waals surface area contributed by atoms with Crippen LogP contribution in [0.2, 0.25) is 0 Å². The molecule has 0 aliphatic carbocycles. The predicted octanol–water partition coefficient (Wildman–Crippen LogP) is 4.35. The molecule has 0 saturated heterocycles. The second-order valence-electron chi connectivity index (χ2n) is 6.72. The first-order valence-electron chi connectivity index (χ1n) is 9.97. The molecule has 4 rings (SSSR count). The first-order chi connectivity index (χ1) is 15.6. The van der Waals surface area contributed by atoms with E-state index in [0.717, 1.165) is 21.5 Å². The Morgan fingerprint density at radius 2 is 1.81 bits per heavy atom. The average molecular weight is 451 g/mol. The third-order valence-corrected chi connectivity index (χ3v) is 5.65. The third kappa shape index (κ3) is 4.62. The Morgan fingerprint density at radius 3 is 2.53 bits per heavy atom. The number of aromatic nitrogens is 3. The largest absolute Gasteiger partial charge is 0.494 e. The summed E-state index contributed by atoms with van der Waals surface area (Å²) in [5, 5.41) is 0.555. The molecule has 32 heavy (non-hydrogen) atoms. The highest BCUT2D eigenvalue weighted by Crippen LogP contribution is 2.33. The molecule has 0 saturated carbocycles. The van der Waals surface area contributed by atoms with Gasteiger partial charge >= 0.3 is 6.01 Å². The van der Waals surface area contributed by atoms with Crippen molar-refractivity contribution in [3.63, 3.8) is 0 Å². The Bertz CT molecular complexity index is 1210. The number of fused-ring (bicyclic) bond motifs is 1. The number of methoxy groups -OCH3 is 2. The van der Waals surface area contributed by atoms with E-state index in [1.807, 2.05) is 55.5 Å². The van der Waals surface area contributed by atoms with Gasteiger partial charge in [-0.15, -0.1) is 0 Å². The molecule has 0 spiro atoms. The van der Waals surface area contributed by atoms with Crippen molar-refractivity contribution in [2.24, 2.45) is 0 Å². The van der Waals surface area contributed by atoms with Gasteiger partial charge in [-0.05, 0) is 30.7 Å². The minimum Gasteiger partial charge on any atom is -0.494 e. The van der Waals surface area contributed by atoms with Crippen LogP contribution in [-0.4, -0.2) is 41.7 Å². The summed E-state index contributed by atoms with van der Waals surface area (Å²) in [6.45, 7) is 2.84. The van der Waals surface area contributed by atoms with Gasteiger partial charge in [0.25, 0.3) is 5.91 Å². The normalized spacial score (nSPS) is 10.7. The van der Waals surface area contributed by atoms with Crippen LogP contribution in [0, 0.1) is 0 Å². The zero-order valence-electron chi connectivity index (χ0n) is 17.9. The number of ether oxygens (including phenoxy) is 3. The minimum absolute atomic E-state index is 0.0537. The van der Waals surface area contributed by atoms with Crippen molar-refractivity contribution >= 4 is 32.6 Å². The van der Waals surface area contributed by atoms with Crippen molar-refractivity contribution in [2.45, 2.75) is 13.5 Å². The summed E-state index contributed by atoms with van der Waals surface area (Å²) in [7, 11) is 2.91. The lowest BCUT2D eigenvalue weighted by molar-refractivity contribution is 0.0978. The number of nitrogens with zero attached hydrogens (tertiary/aromatic N) is 4. The standard InChI is InChI=1S/C23H22N4O4S/c1-4-31-16-10-11-17-19(12-16)32-23(25-17)27(14-15-8-6-5-7-9-15)21(28)18-13-20(29-2)26-22(24-18)30-3/h5-13H,4,14H2,1-3H3. The predicted molar refractivity (Wildman–Crippen MR) is 123 cm³/mol. The van der Waals surface area contributed by atoms with Crippen LogP contribution in [-0.2, 0) is 6.54 Å². The van der Waals surface area contributed by atoms with Crippen LogP contribution >= 0.6 is 11.3 Å². The monoisotopic (exact) mass is 450 g/mol. The lowest BCUT2D eigenvalue weighted by Crippen LogP contribution is -2.31. The number of hydrogen-bond acceptors (Lipinski definition) is 8. The average Bonchev–Trinajstić information content (AvgIpc) is 3.25. The number of carbonyl (C=O) groups excluding carboxylic acids is 1. The van der Waals surface area contributed by atoms with E-state index >= 15 is 0 Å². The lowest BCUT2D eigenvalue weighted by Gasteiger charge is -2.20. The number of amides is 1. The van der Waals surface area contributed by atoms with Crippen molar-refractivity contribution in [2.75, 3.05) is 25.7 Å². The van der Waals surface area contributed by atoms with Crippen LogP contribution in [0.1, 0.15) is 23.0 Å². The van der Waals surface area contributed by atoms with E-state index in [1.165, 1.54) is 31.6 Å². The molecule has 0 fully saturated rings. The van der Waals surface area contributed by atoms with E-state index in [-0.39, 0.29) is 23.5 Å². The molecule has 1 amide bonds. The minimum atomic E-state index is -0.336. The zero-order chi connectivity index (χ0) is 22.5. The Morgan fingerprint density at radius 1 is 1.00 bits per heavy atom. The van der Waals surface area contributed by atoms with Crippen LogP contribution in [0.4, 0.5) is 5.13 Å². The maximum atomic E-state index is 13.6. The number of rotatable bonds is 8. The van der Waals surface area contributed by atoms with Gasteiger partial charge in [0, 0.05) is 6.07 Å². The maximum absolute atomic E-state index is 13.6. The molecular weight excluding hydrogens is 428 g/mol. The molecule has 2 heterocycles. The molecule has 2 aromatic heterocycles. The lowest BCUT2D eigenvalue weighted by atomic mass is 10.2. The summed E-state index contributed by atoms with van der Waals surface area (Å²) >= 11 is 1.42. The third-order valence-electron chi connectivity index (χ3n) is 4.61. The van der Waals surface area contributed by atoms with Crippen molar-refractivity contribution in [3.05, 3.63) is 65.9 Å². The van der Waals surface area contributed by atoms with Crippen LogP contribution in [0.15, 0.2) is 54.6 Å². The highest BCUT2D eigenvalue weighted by molar-refractivity contribution is 7.22. The summed E-state index contributed by atoms with van der Waals surface area (Å²) in [5.41, 5.74) is 1.90. The van der Waals surface area contributed by atoms with E-state index in [2.05, 4.69) is 9.97 Å². The van der Waals surface area contributed by atoms with Gasteiger partial charge in [-0.25, -0.2) is 4.98 Å². The molecule has 0 aliphatic heterocycles. The molecule has 2 aromatic carbocycles. The van der Waals surface area contributed by atoms with Gasteiger partial charge in [-0.3, -0.25) is 9.69 Å². The maximum Gasteiger partial charge on any atom is 0.320 e. The van der Waals surface area contributed by atoms with Crippen LogP contribution in [0.5, 0.6) is 17.6 Å².